The number of rotatable bonds is 5. The Hall–Kier alpha value is -3.81. The molecule has 1 aliphatic heterocycles. The quantitative estimate of drug-likeness (QED) is 0.237. The molecular formula is C30H27Cl2N3O4. The molecule has 0 radical (unpaired) electrons. The van der Waals surface area contributed by atoms with E-state index in [0.29, 0.717) is 50.9 Å². The van der Waals surface area contributed by atoms with Crippen molar-refractivity contribution in [3.8, 4) is 39.8 Å². The van der Waals surface area contributed by atoms with Gasteiger partial charge < -0.3 is 19.1 Å². The number of nitrogens with zero attached hydrogens (tertiary/aromatic N) is 3. The average molecular weight is 564 g/mol. The van der Waals surface area contributed by atoms with Crippen LogP contribution in [0, 0.1) is 6.92 Å². The Bertz CT molecular complexity index is 1620. The molecule has 0 N–H and O–H groups in total. The van der Waals surface area contributed by atoms with Crippen molar-refractivity contribution < 1.29 is 19.0 Å². The van der Waals surface area contributed by atoms with Crippen LogP contribution in [0.1, 0.15) is 19.4 Å². The topological polar surface area (TPSA) is 73.8 Å². The van der Waals surface area contributed by atoms with E-state index in [4.69, 9.17) is 42.4 Å². The zero-order valence-electron chi connectivity index (χ0n) is 22.3. The first-order valence-corrected chi connectivity index (χ1v) is 13.0. The molecule has 39 heavy (non-hydrogen) atoms. The molecule has 0 aliphatic carbocycles. The molecule has 2 heterocycles. The second kappa shape index (κ2) is 10.1. The number of methoxy groups -OCH3 is 2. The van der Waals surface area contributed by atoms with Gasteiger partial charge in [-0.25, -0.2) is 9.97 Å². The molecule has 0 bridgehead atoms. The highest BCUT2D eigenvalue weighted by atomic mass is 35.5. The van der Waals surface area contributed by atoms with Crippen LogP contribution in [0.4, 0.5) is 5.69 Å². The predicted molar refractivity (Wildman–Crippen MR) is 156 cm³/mol. The lowest BCUT2D eigenvalue weighted by Gasteiger charge is -2.39. The van der Waals surface area contributed by atoms with Gasteiger partial charge in [-0.2, -0.15) is 0 Å². The van der Waals surface area contributed by atoms with E-state index in [1.54, 1.807) is 17.2 Å². The largest absolute Gasteiger partial charge is 0.495 e. The van der Waals surface area contributed by atoms with Gasteiger partial charge in [0.15, 0.2) is 5.82 Å². The molecule has 4 aromatic rings. The van der Waals surface area contributed by atoms with Crippen LogP contribution >= 0.6 is 23.2 Å². The van der Waals surface area contributed by atoms with E-state index >= 15 is 0 Å². The summed E-state index contributed by atoms with van der Waals surface area (Å²) in [6.07, 6.45) is 3.07. The second-order valence-electron chi connectivity index (χ2n) is 9.88. The Morgan fingerprint density at radius 3 is 2.44 bits per heavy atom. The number of halogens is 2. The van der Waals surface area contributed by atoms with Crippen LogP contribution in [0.15, 0.2) is 55.3 Å². The Labute approximate surface area is 236 Å². The molecule has 200 valence electrons. The number of aryl methyl sites for hydroxylation is 1. The summed E-state index contributed by atoms with van der Waals surface area (Å²) in [6.45, 7) is 9.93. The maximum absolute atomic E-state index is 12.7. The minimum absolute atomic E-state index is 0.194. The number of hydrogen-bond acceptors (Lipinski definition) is 6. The number of amides is 1. The van der Waals surface area contributed by atoms with Gasteiger partial charge in [-0.3, -0.25) is 4.79 Å². The van der Waals surface area contributed by atoms with Crippen LogP contribution in [0.3, 0.4) is 0 Å². The van der Waals surface area contributed by atoms with E-state index in [9.17, 15) is 4.79 Å². The number of aromatic nitrogens is 2. The first kappa shape index (κ1) is 26.8. The van der Waals surface area contributed by atoms with Crippen molar-refractivity contribution in [2.24, 2.45) is 0 Å². The van der Waals surface area contributed by atoms with E-state index in [2.05, 4.69) is 11.6 Å². The highest BCUT2D eigenvalue weighted by Crippen LogP contribution is 2.46. The fourth-order valence-corrected chi connectivity index (χ4v) is 5.48. The minimum Gasteiger partial charge on any atom is -0.495 e. The molecule has 0 unspecified atom stereocenters. The summed E-state index contributed by atoms with van der Waals surface area (Å²) in [5, 5.41) is 1.57. The molecule has 0 saturated heterocycles. The zero-order chi connectivity index (χ0) is 28.1. The van der Waals surface area contributed by atoms with Crippen molar-refractivity contribution in [3.05, 3.63) is 70.9 Å². The van der Waals surface area contributed by atoms with Crippen molar-refractivity contribution in [2.45, 2.75) is 26.4 Å². The number of carbonyl (C=O) groups excluding carboxylic acids is 1. The van der Waals surface area contributed by atoms with Crippen molar-refractivity contribution in [2.75, 3.05) is 25.7 Å². The van der Waals surface area contributed by atoms with E-state index < -0.39 is 5.60 Å². The molecule has 1 amide bonds. The first-order valence-electron chi connectivity index (χ1n) is 12.2. The second-order valence-corrected chi connectivity index (χ2v) is 10.6. The van der Waals surface area contributed by atoms with Gasteiger partial charge >= 0.3 is 0 Å². The number of ether oxygens (including phenoxy) is 3. The molecule has 0 saturated carbocycles. The molecule has 1 aromatic heterocycles. The molecule has 0 spiro atoms. The molecule has 9 heteroatoms. The van der Waals surface area contributed by atoms with Gasteiger partial charge in [-0.15, -0.1) is 0 Å². The molecule has 1 aliphatic rings. The summed E-state index contributed by atoms with van der Waals surface area (Å²) in [6, 6.07) is 11.2. The van der Waals surface area contributed by atoms with E-state index in [1.165, 1.54) is 20.3 Å². The molecular weight excluding hydrogens is 537 g/mol. The highest BCUT2D eigenvalue weighted by molar-refractivity contribution is 6.41. The van der Waals surface area contributed by atoms with Crippen molar-refractivity contribution >= 4 is 45.7 Å². The molecule has 5 rings (SSSR count). The van der Waals surface area contributed by atoms with E-state index in [1.807, 2.05) is 51.1 Å². The third-order valence-electron chi connectivity index (χ3n) is 6.65. The number of fused-ring (bicyclic) bond motifs is 2. The summed E-state index contributed by atoms with van der Waals surface area (Å²) in [7, 11) is 3.08. The van der Waals surface area contributed by atoms with E-state index in [-0.39, 0.29) is 5.91 Å². The van der Waals surface area contributed by atoms with Crippen LogP contribution in [0.25, 0.3) is 33.4 Å². The third-order valence-corrected chi connectivity index (χ3v) is 7.40. The smallest absolute Gasteiger partial charge is 0.250 e. The van der Waals surface area contributed by atoms with Gasteiger partial charge in [0.1, 0.15) is 22.8 Å². The van der Waals surface area contributed by atoms with Crippen LogP contribution in [-0.2, 0) is 4.79 Å². The zero-order valence-corrected chi connectivity index (χ0v) is 23.8. The van der Waals surface area contributed by atoms with Crippen LogP contribution in [0.2, 0.25) is 10.0 Å². The number of carbonyl (C=O) groups is 1. The fourth-order valence-electron chi connectivity index (χ4n) is 4.76. The monoisotopic (exact) mass is 563 g/mol. The van der Waals surface area contributed by atoms with Crippen LogP contribution in [-0.4, -0.2) is 42.2 Å². The van der Waals surface area contributed by atoms with Crippen molar-refractivity contribution in [1.82, 2.24) is 9.97 Å². The van der Waals surface area contributed by atoms with Gasteiger partial charge in [0.05, 0.1) is 42.0 Å². The van der Waals surface area contributed by atoms with Crippen LogP contribution < -0.4 is 19.1 Å². The third kappa shape index (κ3) is 4.77. The number of hydrogen-bond donors (Lipinski definition) is 0. The Kier molecular flexibility index (Phi) is 6.91. The molecule has 3 aromatic carbocycles. The SMILES string of the molecule is C=CC(=O)N1CC(C)(C)Oc2cc(C)c(-c3ncc4cc(-c5c(Cl)c(OC)cc(OC)c5Cl)ccc4n3)cc21. The first-order chi connectivity index (χ1) is 18.6. The normalized spacial score (nSPS) is 14.0. The standard InChI is InChI=1S/C30H27Cl2N3O4/c1-7-25(36)35-15-30(3,4)39-22-10-16(2)19(12-21(22)35)29-33-14-18-11-17(8-9-20(18)34-29)26-27(31)23(37-5)13-24(38-6)28(26)32/h7-14H,1,15H2,2-6H3. The molecule has 7 nitrogen and oxygen atoms in total. The maximum atomic E-state index is 12.7. The molecule has 0 fully saturated rings. The van der Waals surface area contributed by atoms with Crippen molar-refractivity contribution in [3.63, 3.8) is 0 Å². The Morgan fingerprint density at radius 2 is 1.79 bits per heavy atom. The van der Waals surface area contributed by atoms with Gasteiger partial charge in [0.2, 0.25) is 0 Å². The summed E-state index contributed by atoms with van der Waals surface area (Å²) < 4.78 is 17.0. The lowest BCUT2D eigenvalue weighted by atomic mass is 10.00. The number of anilines is 1. The van der Waals surface area contributed by atoms with Gasteiger partial charge in [0.25, 0.3) is 5.91 Å². The summed E-state index contributed by atoms with van der Waals surface area (Å²) >= 11 is 13.3. The van der Waals surface area contributed by atoms with Crippen LogP contribution in [0.5, 0.6) is 17.2 Å². The number of benzene rings is 3. The summed E-state index contributed by atoms with van der Waals surface area (Å²) in [4.78, 5) is 23.9. The van der Waals surface area contributed by atoms with Gasteiger partial charge in [0, 0.05) is 28.8 Å². The Balaban J connectivity index is 1.59. The van der Waals surface area contributed by atoms with E-state index in [0.717, 1.165) is 27.6 Å². The minimum atomic E-state index is -0.532. The van der Waals surface area contributed by atoms with Gasteiger partial charge in [-0.1, -0.05) is 35.8 Å². The maximum Gasteiger partial charge on any atom is 0.250 e. The lowest BCUT2D eigenvalue weighted by molar-refractivity contribution is -0.115. The highest BCUT2D eigenvalue weighted by Gasteiger charge is 2.35. The summed E-state index contributed by atoms with van der Waals surface area (Å²) in [5.41, 5.74) is 3.96. The predicted octanol–water partition coefficient (Wildman–Crippen LogP) is 7.29. The molecule has 0 atom stereocenters. The fraction of sp³-hybridized carbons (Fsp3) is 0.233. The average Bonchev–Trinajstić information content (AvgIpc) is 2.91. The summed E-state index contributed by atoms with van der Waals surface area (Å²) in [5.74, 6) is 1.89. The van der Waals surface area contributed by atoms with Gasteiger partial charge in [-0.05, 0) is 62.2 Å². The Morgan fingerprint density at radius 1 is 1.10 bits per heavy atom. The lowest BCUT2D eigenvalue weighted by Crippen LogP contribution is -2.49. The van der Waals surface area contributed by atoms with Crippen molar-refractivity contribution in [1.29, 1.82) is 0 Å².